The van der Waals surface area contributed by atoms with Gasteiger partial charge in [-0.25, -0.2) is 0 Å². The van der Waals surface area contributed by atoms with Crippen LogP contribution in [0.5, 0.6) is 11.5 Å². The Kier molecular flexibility index (Phi) is 5.70. The van der Waals surface area contributed by atoms with Crippen LogP contribution in [0.3, 0.4) is 0 Å². The predicted octanol–water partition coefficient (Wildman–Crippen LogP) is 3.23. The number of hydrogen-bond donors (Lipinski definition) is 1. The maximum Gasteiger partial charge on any atom is 0.125 e. The van der Waals surface area contributed by atoms with E-state index in [0.29, 0.717) is 6.04 Å². The van der Waals surface area contributed by atoms with Crippen LogP contribution in [0.15, 0.2) is 18.2 Å². The lowest BCUT2D eigenvalue weighted by Gasteiger charge is -2.40. The van der Waals surface area contributed by atoms with Gasteiger partial charge >= 0.3 is 0 Å². The van der Waals surface area contributed by atoms with Gasteiger partial charge in [0.2, 0.25) is 0 Å². The number of fused-ring (bicyclic) bond motifs is 1. The molecular weight excluding hydrogens is 276 g/mol. The summed E-state index contributed by atoms with van der Waals surface area (Å²) >= 11 is 0. The Balaban J connectivity index is 2.13. The van der Waals surface area contributed by atoms with Crippen molar-refractivity contribution in [3.63, 3.8) is 0 Å². The fourth-order valence-corrected chi connectivity index (χ4v) is 2.94. The average Bonchev–Trinajstić information content (AvgIpc) is 2.50. The number of rotatable bonds is 7. The molecule has 0 saturated carbocycles. The van der Waals surface area contributed by atoms with Crippen molar-refractivity contribution < 1.29 is 9.47 Å². The van der Waals surface area contributed by atoms with Crippen molar-refractivity contribution in [1.29, 1.82) is 0 Å². The van der Waals surface area contributed by atoms with Gasteiger partial charge in [-0.2, -0.15) is 0 Å². The molecule has 4 nitrogen and oxygen atoms in total. The molecule has 2 unspecified atom stereocenters. The second-order valence-electron chi connectivity index (χ2n) is 6.68. The Labute approximate surface area is 134 Å². The van der Waals surface area contributed by atoms with Gasteiger partial charge in [0.25, 0.3) is 0 Å². The summed E-state index contributed by atoms with van der Waals surface area (Å²) in [6.07, 6.45) is 3.15. The molecule has 0 spiro atoms. The zero-order valence-corrected chi connectivity index (χ0v) is 14.6. The summed E-state index contributed by atoms with van der Waals surface area (Å²) in [5.74, 6) is 1.88. The Morgan fingerprint density at radius 3 is 2.82 bits per heavy atom. The lowest BCUT2D eigenvalue weighted by Crippen LogP contribution is -2.41. The van der Waals surface area contributed by atoms with E-state index in [-0.39, 0.29) is 5.60 Å². The molecule has 1 aliphatic rings. The fourth-order valence-electron chi connectivity index (χ4n) is 2.94. The van der Waals surface area contributed by atoms with E-state index in [1.165, 1.54) is 5.56 Å². The predicted molar refractivity (Wildman–Crippen MR) is 90.8 cm³/mol. The van der Waals surface area contributed by atoms with Crippen molar-refractivity contribution in [1.82, 2.24) is 10.2 Å². The lowest BCUT2D eigenvalue weighted by atomic mass is 9.86. The molecule has 1 N–H and O–H groups in total. The molecule has 0 saturated heterocycles. The van der Waals surface area contributed by atoms with Crippen molar-refractivity contribution >= 4 is 0 Å². The van der Waals surface area contributed by atoms with Gasteiger partial charge < -0.3 is 19.7 Å². The van der Waals surface area contributed by atoms with Crippen molar-refractivity contribution in [2.45, 2.75) is 44.8 Å². The number of ether oxygens (including phenoxy) is 2. The Morgan fingerprint density at radius 1 is 1.41 bits per heavy atom. The zero-order chi connectivity index (χ0) is 16.2. The third kappa shape index (κ3) is 4.14. The van der Waals surface area contributed by atoms with Crippen LogP contribution in [0.25, 0.3) is 0 Å². The highest BCUT2D eigenvalue weighted by Crippen LogP contribution is 2.42. The van der Waals surface area contributed by atoms with E-state index < -0.39 is 0 Å². The molecule has 1 aliphatic heterocycles. The standard InChI is InChI=1S/C18H30N2O2/c1-6-18(2)13-16(19-10-7-11-20(3)4)15-12-14(21-5)8-9-17(15)22-18/h8-9,12,16,19H,6-7,10-11,13H2,1-5H3. The molecule has 2 atom stereocenters. The average molecular weight is 306 g/mol. The molecule has 0 aliphatic carbocycles. The number of hydrogen-bond acceptors (Lipinski definition) is 4. The van der Waals surface area contributed by atoms with Crippen LogP contribution in [0.4, 0.5) is 0 Å². The first-order valence-electron chi connectivity index (χ1n) is 8.22. The topological polar surface area (TPSA) is 33.7 Å². The molecule has 1 aromatic rings. The molecule has 124 valence electrons. The summed E-state index contributed by atoms with van der Waals surface area (Å²) in [5, 5.41) is 3.71. The largest absolute Gasteiger partial charge is 0.497 e. The normalized spacial score (nSPS) is 24.0. The molecular formula is C18H30N2O2. The van der Waals surface area contributed by atoms with E-state index in [9.17, 15) is 0 Å². The van der Waals surface area contributed by atoms with Gasteiger partial charge in [-0.05, 0) is 65.1 Å². The van der Waals surface area contributed by atoms with Crippen molar-refractivity contribution in [2.75, 3.05) is 34.3 Å². The van der Waals surface area contributed by atoms with E-state index in [2.05, 4.69) is 44.2 Å². The molecule has 1 aromatic carbocycles. The summed E-state index contributed by atoms with van der Waals surface area (Å²) in [6.45, 7) is 6.51. The number of benzene rings is 1. The Bertz CT molecular complexity index is 490. The maximum atomic E-state index is 6.24. The third-order valence-corrected chi connectivity index (χ3v) is 4.51. The number of nitrogens with one attached hydrogen (secondary N) is 1. The molecule has 0 fully saturated rings. The van der Waals surface area contributed by atoms with Crippen LogP contribution in [0.1, 0.15) is 44.7 Å². The molecule has 0 bridgehead atoms. The molecule has 1 heterocycles. The van der Waals surface area contributed by atoms with E-state index in [4.69, 9.17) is 9.47 Å². The van der Waals surface area contributed by atoms with Crippen LogP contribution < -0.4 is 14.8 Å². The first-order valence-corrected chi connectivity index (χ1v) is 8.22. The quantitative estimate of drug-likeness (QED) is 0.784. The Morgan fingerprint density at radius 2 is 2.18 bits per heavy atom. The highest BCUT2D eigenvalue weighted by molar-refractivity contribution is 5.44. The van der Waals surface area contributed by atoms with Gasteiger partial charge in [-0.15, -0.1) is 0 Å². The maximum absolute atomic E-state index is 6.24. The number of nitrogens with zero attached hydrogens (tertiary/aromatic N) is 1. The smallest absolute Gasteiger partial charge is 0.125 e. The molecule has 2 rings (SSSR count). The molecule has 4 heteroatoms. The van der Waals surface area contributed by atoms with Crippen molar-refractivity contribution in [2.24, 2.45) is 0 Å². The minimum Gasteiger partial charge on any atom is -0.497 e. The van der Waals surface area contributed by atoms with E-state index >= 15 is 0 Å². The first kappa shape index (κ1) is 17.1. The second kappa shape index (κ2) is 7.34. The summed E-state index contributed by atoms with van der Waals surface area (Å²) in [4.78, 5) is 2.22. The van der Waals surface area contributed by atoms with Crippen LogP contribution in [-0.2, 0) is 0 Å². The monoisotopic (exact) mass is 306 g/mol. The van der Waals surface area contributed by atoms with Gasteiger partial charge in [0.1, 0.15) is 17.1 Å². The van der Waals surface area contributed by atoms with Gasteiger partial charge in [0.15, 0.2) is 0 Å². The lowest BCUT2D eigenvalue weighted by molar-refractivity contribution is 0.0440. The highest BCUT2D eigenvalue weighted by Gasteiger charge is 2.35. The second-order valence-corrected chi connectivity index (χ2v) is 6.68. The van der Waals surface area contributed by atoms with Crippen LogP contribution in [0.2, 0.25) is 0 Å². The van der Waals surface area contributed by atoms with E-state index in [1.54, 1.807) is 7.11 Å². The van der Waals surface area contributed by atoms with Gasteiger partial charge in [-0.3, -0.25) is 0 Å². The molecule has 0 radical (unpaired) electrons. The highest BCUT2D eigenvalue weighted by atomic mass is 16.5. The minimum absolute atomic E-state index is 0.0964. The first-order chi connectivity index (χ1) is 10.5. The summed E-state index contributed by atoms with van der Waals surface area (Å²) in [7, 11) is 5.94. The van der Waals surface area contributed by atoms with Crippen LogP contribution >= 0.6 is 0 Å². The SMILES string of the molecule is CCC1(C)CC(NCCCN(C)C)c2cc(OC)ccc2O1. The Hall–Kier alpha value is -1.26. The summed E-state index contributed by atoms with van der Waals surface area (Å²) in [6, 6.07) is 6.44. The summed E-state index contributed by atoms with van der Waals surface area (Å²) in [5.41, 5.74) is 1.12. The summed E-state index contributed by atoms with van der Waals surface area (Å²) < 4.78 is 11.6. The molecule has 0 aromatic heterocycles. The van der Waals surface area contributed by atoms with E-state index in [0.717, 1.165) is 43.9 Å². The van der Waals surface area contributed by atoms with Crippen molar-refractivity contribution in [3.8, 4) is 11.5 Å². The molecule has 22 heavy (non-hydrogen) atoms. The van der Waals surface area contributed by atoms with Gasteiger partial charge in [-0.1, -0.05) is 6.92 Å². The van der Waals surface area contributed by atoms with E-state index in [1.807, 2.05) is 12.1 Å². The van der Waals surface area contributed by atoms with Crippen LogP contribution in [0, 0.1) is 0 Å². The zero-order valence-electron chi connectivity index (χ0n) is 14.6. The third-order valence-electron chi connectivity index (χ3n) is 4.51. The minimum atomic E-state index is -0.0964. The van der Waals surface area contributed by atoms with Gasteiger partial charge in [0.05, 0.1) is 7.11 Å². The van der Waals surface area contributed by atoms with Crippen LogP contribution in [-0.4, -0.2) is 44.8 Å². The van der Waals surface area contributed by atoms with Crippen molar-refractivity contribution in [3.05, 3.63) is 23.8 Å². The fraction of sp³-hybridized carbons (Fsp3) is 0.667. The molecule has 0 amide bonds. The van der Waals surface area contributed by atoms with Gasteiger partial charge in [0, 0.05) is 18.0 Å². The number of methoxy groups -OCH3 is 1.